The zero-order valence-corrected chi connectivity index (χ0v) is 16.5. The Hall–Kier alpha value is -1.91. The molecule has 0 aliphatic carbocycles. The minimum absolute atomic E-state index is 0.0484. The summed E-state index contributed by atoms with van der Waals surface area (Å²) in [4.78, 5) is 50.4. The normalized spacial score (nSPS) is 27.6. The summed E-state index contributed by atoms with van der Waals surface area (Å²) in [5.41, 5.74) is 5.70. The molecule has 9 nitrogen and oxygen atoms in total. The van der Waals surface area contributed by atoms with Crippen LogP contribution in [0, 0.1) is 11.8 Å². The zero-order valence-electron chi connectivity index (χ0n) is 15.7. The lowest BCUT2D eigenvalue weighted by Gasteiger charge is -2.46. The minimum atomic E-state index is -1.26. The Bertz CT molecular complexity index is 692. The van der Waals surface area contributed by atoms with Gasteiger partial charge in [0, 0.05) is 24.9 Å². The van der Waals surface area contributed by atoms with Crippen molar-refractivity contribution in [3.8, 4) is 0 Å². The van der Waals surface area contributed by atoms with Gasteiger partial charge in [0.2, 0.25) is 11.8 Å². The van der Waals surface area contributed by atoms with E-state index in [9.17, 15) is 29.4 Å². The number of nitrogens with two attached hydrogens (primary N) is 1. The number of β-lactam (4-membered cyclic amide) rings is 1. The van der Waals surface area contributed by atoms with E-state index >= 15 is 0 Å². The number of hydrogen-bond acceptors (Lipinski definition) is 7. The molecule has 0 aromatic heterocycles. The van der Waals surface area contributed by atoms with Gasteiger partial charge in [-0.25, -0.2) is 4.79 Å². The summed E-state index contributed by atoms with van der Waals surface area (Å²) >= 11 is 1.02. The maximum absolute atomic E-state index is 12.3. The second-order valence-corrected chi connectivity index (χ2v) is 8.42. The van der Waals surface area contributed by atoms with E-state index in [0.29, 0.717) is 11.2 Å². The van der Waals surface area contributed by atoms with E-state index in [4.69, 9.17) is 5.73 Å². The Kier molecular flexibility index (Phi) is 6.33. The fraction of sp³-hybridized carbons (Fsp3) is 0.647. The van der Waals surface area contributed by atoms with Gasteiger partial charge in [0.25, 0.3) is 0 Å². The molecule has 27 heavy (non-hydrogen) atoms. The van der Waals surface area contributed by atoms with Crippen LogP contribution < -0.4 is 5.73 Å². The Morgan fingerprint density at radius 3 is 2.44 bits per heavy atom. The van der Waals surface area contributed by atoms with Crippen LogP contribution in [0.15, 0.2) is 10.6 Å². The molecule has 2 aliphatic rings. The lowest BCUT2D eigenvalue weighted by molar-refractivity contribution is -0.163. The molecule has 1 saturated heterocycles. The number of hydrogen-bond donors (Lipinski definition) is 3. The summed E-state index contributed by atoms with van der Waals surface area (Å²) in [6.45, 7) is 3.27. The average molecular weight is 399 g/mol. The van der Waals surface area contributed by atoms with Gasteiger partial charge < -0.3 is 30.5 Å². The monoisotopic (exact) mass is 399 g/mol. The van der Waals surface area contributed by atoms with E-state index in [0.717, 1.165) is 11.8 Å². The van der Waals surface area contributed by atoms with Crippen LogP contribution in [-0.4, -0.2) is 81.6 Å². The van der Waals surface area contributed by atoms with Crippen molar-refractivity contribution in [2.75, 3.05) is 14.1 Å². The van der Waals surface area contributed by atoms with Crippen LogP contribution in [0.1, 0.15) is 20.3 Å². The summed E-state index contributed by atoms with van der Waals surface area (Å²) in [5, 5.41) is 18.7. The van der Waals surface area contributed by atoms with Crippen molar-refractivity contribution in [2.45, 2.75) is 43.7 Å². The van der Waals surface area contributed by atoms with Gasteiger partial charge in [0.1, 0.15) is 12.0 Å². The number of carbonyl (C=O) groups excluding carboxylic acids is 3. The van der Waals surface area contributed by atoms with Crippen molar-refractivity contribution in [3.63, 3.8) is 0 Å². The SMILES string of the molecule is C[C@@H](O)[C@H]1C(=O)N2C(C(=O)O)=C(S[C@H](C=O)C[C@H](N)C(=O)N(C)C)[C@H](C)[C@H]12. The Morgan fingerprint density at radius 1 is 1.41 bits per heavy atom. The van der Waals surface area contributed by atoms with Crippen molar-refractivity contribution >= 4 is 35.8 Å². The Balaban J connectivity index is 2.25. The second-order valence-electron chi connectivity index (χ2n) is 7.14. The smallest absolute Gasteiger partial charge is 0.353 e. The van der Waals surface area contributed by atoms with Gasteiger partial charge in [0.15, 0.2) is 0 Å². The van der Waals surface area contributed by atoms with Crippen LogP contribution in [0.5, 0.6) is 0 Å². The summed E-state index contributed by atoms with van der Waals surface area (Å²) in [5.74, 6) is -3.04. The number of carboxylic acid groups (broad SMARTS) is 1. The molecule has 0 saturated carbocycles. The Morgan fingerprint density at radius 2 is 2.00 bits per heavy atom. The molecule has 1 fully saturated rings. The zero-order chi connectivity index (χ0) is 20.6. The molecule has 6 atom stereocenters. The highest BCUT2D eigenvalue weighted by Gasteiger charge is 2.60. The fourth-order valence-corrected chi connectivity index (χ4v) is 4.99. The first kappa shape index (κ1) is 21.4. The molecule has 0 aromatic carbocycles. The van der Waals surface area contributed by atoms with Gasteiger partial charge >= 0.3 is 5.97 Å². The molecule has 0 spiro atoms. The maximum Gasteiger partial charge on any atom is 0.353 e. The maximum atomic E-state index is 12.3. The average Bonchev–Trinajstić information content (AvgIpc) is 2.82. The molecule has 10 heteroatoms. The van der Waals surface area contributed by atoms with Crippen molar-refractivity contribution < 1.29 is 29.4 Å². The number of aldehydes is 1. The summed E-state index contributed by atoms with van der Waals surface area (Å²) in [6, 6.07) is -1.34. The van der Waals surface area contributed by atoms with Crippen LogP contribution >= 0.6 is 11.8 Å². The summed E-state index contributed by atoms with van der Waals surface area (Å²) in [6.07, 6.45) is -0.211. The third-order valence-corrected chi connectivity index (χ3v) is 6.41. The summed E-state index contributed by atoms with van der Waals surface area (Å²) in [7, 11) is 3.12. The third kappa shape index (κ3) is 3.74. The largest absolute Gasteiger partial charge is 0.477 e. The van der Waals surface area contributed by atoms with Gasteiger partial charge in [-0.3, -0.25) is 9.59 Å². The lowest BCUT2D eigenvalue weighted by atomic mass is 9.79. The van der Waals surface area contributed by atoms with Crippen LogP contribution in [0.4, 0.5) is 0 Å². The van der Waals surface area contributed by atoms with Crippen molar-refractivity contribution in [1.29, 1.82) is 0 Å². The predicted octanol–water partition coefficient (Wildman–Crippen LogP) is -0.754. The third-order valence-electron chi connectivity index (χ3n) is 4.99. The van der Waals surface area contributed by atoms with Crippen LogP contribution in [0.25, 0.3) is 0 Å². The minimum Gasteiger partial charge on any atom is -0.477 e. The molecular weight excluding hydrogens is 374 g/mol. The number of fused-ring (bicyclic) bond motifs is 1. The highest BCUT2D eigenvalue weighted by molar-refractivity contribution is 8.04. The molecule has 2 heterocycles. The highest BCUT2D eigenvalue weighted by Crippen LogP contribution is 2.51. The topological polar surface area (TPSA) is 141 Å². The molecular formula is C17H25N3O6S. The number of carbonyl (C=O) groups is 4. The van der Waals surface area contributed by atoms with E-state index in [1.165, 1.54) is 16.7 Å². The van der Waals surface area contributed by atoms with E-state index < -0.39 is 41.2 Å². The van der Waals surface area contributed by atoms with Crippen molar-refractivity contribution in [3.05, 3.63) is 10.6 Å². The van der Waals surface area contributed by atoms with Crippen LogP contribution in [-0.2, 0) is 19.2 Å². The van der Waals surface area contributed by atoms with E-state index in [2.05, 4.69) is 0 Å². The number of nitrogens with zero attached hydrogens (tertiary/aromatic N) is 2. The summed E-state index contributed by atoms with van der Waals surface area (Å²) < 4.78 is 0. The van der Waals surface area contributed by atoms with Crippen molar-refractivity contribution in [1.82, 2.24) is 9.80 Å². The molecule has 2 amide bonds. The number of aliphatic hydroxyl groups excluding tert-OH is 1. The van der Waals surface area contributed by atoms with Crippen molar-refractivity contribution in [2.24, 2.45) is 17.6 Å². The van der Waals surface area contributed by atoms with E-state index in [-0.39, 0.29) is 23.9 Å². The lowest BCUT2D eigenvalue weighted by Crippen LogP contribution is -2.63. The molecule has 0 bridgehead atoms. The van der Waals surface area contributed by atoms with Gasteiger partial charge in [-0.1, -0.05) is 6.92 Å². The molecule has 0 aromatic rings. The molecule has 0 unspecified atom stereocenters. The number of aliphatic carboxylic acids is 1. The molecule has 0 radical (unpaired) electrons. The number of rotatable bonds is 8. The number of likely N-dealkylation sites (N-methyl/N-ethyl adjacent to an activating group) is 1. The van der Waals surface area contributed by atoms with Crippen LogP contribution in [0.2, 0.25) is 0 Å². The fourth-order valence-electron chi connectivity index (χ4n) is 3.66. The molecule has 4 N–H and O–H groups in total. The quantitative estimate of drug-likeness (QED) is 0.357. The van der Waals surface area contributed by atoms with Gasteiger partial charge in [0.05, 0.1) is 29.4 Å². The van der Waals surface area contributed by atoms with E-state index in [1.807, 2.05) is 0 Å². The first-order valence-corrected chi connectivity index (χ1v) is 9.48. The second kappa shape index (κ2) is 7.99. The first-order chi connectivity index (χ1) is 12.5. The number of carboxylic acids is 1. The number of thioether (sulfide) groups is 1. The van der Waals surface area contributed by atoms with Gasteiger partial charge in [-0.15, -0.1) is 11.8 Å². The molecule has 150 valence electrons. The standard InChI is InChI=1S/C17H25N3O6S/c1-7-12-11(8(2)22)16(24)20(12)13(17(25)26)14(7)27-9(6-21)5-10(18)15(23)19(3)4/h6-12,22H,5,18H2,1-4H3,(H,25,26)/t7-,8-,9+,10+,11-,12-/m1/s1. The number of aliphatic hydroxyl groups is 1. The highest BCUT2D eigenvalue weighted by atomic mass is 32.2. The van der Waals surface area contributed by atoms with Crippen LogP contribution in [0.3, 0.4) is 0 Å². The predicted molar refractivity (Wildman–Crippen MR) is 98.4 cm³/mol. The van der Waals surface area contributed by atoms with Gasteiger partial charge in [-0.05, 0) is 13.3 Å². The molecule has 2 rings (SSSR count). The first-order valence-electron chi connectivity index (χ1n) is 8.60. The number of amides is 2. The van der Waals surface area contributed by atoms with E-state index in [1.54, 1.807) is 21.0 Å². The molecule has 2 aliphatic heterocycles. The van der Waals surface area contributed by atoms with Gasteiger partial charge in [-0.2, -0.15) is 0 Å². The Labute approximate surface area is 161 Å².